The van der Waals surface area contributed by atoms with Gasteiger partial charge < -0.3 is 10.1 Å². The largest absolute Gasteiger partial charge is 0.377 e. The van der Waals surface area contributed by atoms with Crippen molar-refractivity contribution in [3.63, 3.8) is 0 Å². The molecule has 15 heavy (non-hydrogen) atoms. The summed E-state index contributed by atoms with van der Waals surface area (Å²) in [5.74, 6) is -0.352. The summed E-state index contributed by atoms with van der Waals surface area (Å²) in [6, 6.07) is 6.85. The van der Waals surface area contributed by atoms with Crippen molar-refractivity contribution in [2.45, 2.75) is 6.92 Å². The molecule has 0 spiro atoms. The summed E-state index contributed by atoms with van der Waals surface area (Å²) >= 11 is 0. The number of anilines is 1. The lowest BCUT2D eigenvalue weighted by Crippen LogP contribution is -2.13. The quantitative estimate of drug-likeness (QED) is 0.761. The minimum absolute atomic E-state index is 0.0105. The number of carbonyl (C=O) groups excluding carboxylic acids is 2. The van der Waals surface area contributed by atoms with Gasteiger partial charge in [-0.1, -0.05) is 12.1 Å². The summed E-state index contributed by atoms with van der Waals surface area (Å²) in [5.41, 5.74) is 0.988. The van der Waals surface area contributed by atoms with Crippen LogP contribution in [0.4, 0.5) is 5.69 Å². The van der Waals surface area contributed by atoms with Crippen LogP contribution in [-0.2, 0) is 9.53 Å². The SMILES string of the molecule is COCC(=O)c1ccccc1NC(C)=O. The van der Waals surface area contributed by atoms with Crippen LogP contribution in [-0.4, -0.2) is 25.4 Å². The van der Waals surface area contributed by atoms with Gasteiger partial charge in [0, 0.05) is 19.6 Å². The minimum Gasteiger partial charge on any atom is -0.377 e. The molecule has 0 aliphatic carbocycles. The lowest BCUT2D eigenvalue weighted by Gasteiger charge is -2.07. The second-order valence-electron chi connectivity index (χ2n) is 3.08. The first kappa shape index (κ1) is 11.4. The van der Waals surface area contributed by atoms with Crippen LogP contribution >= 0.6 is 0 Å². The predicted molar refractivity (Wildman–Crippen MR) is 57.0 cm³/mol. The van der Waals surface area contributed by atoms with E-state index in [2.05, 4.69) is 5.32 Å². The fraction of sp³-hybridized carbons (Fsp3) is 0.273. The summed E-state index contributed by atoms with van der Waals surface area (Å²) in [6.45, 7) is 1.41. The van der Waals surface area contributed by atoms with E-state index in [9.17, 15) is 9.59 Å². The van der Waals surface area contributed by atoms with Gasteiger partial charge in [-0.15, -0.1) is 0 Å². The van der Waals surface area contributed by atoms with E-state index in [4.69, 9.17) is 4.74 Å². The third kappa shape index (κ3) is 3.18. The fourth-order valence-electron chi connectivity index (χ4n) is 1.23. The molecular weight excluding hydrogens is 194 g/mol. The molecule has 0 radical (unpaired) electrons. The zero-order chi connectivity index (χ0) is 11.3. The Kier molecular flexibility index (Phi) is 4.00. The highest BCUT2D eigenvalue weighted by molar-refractivity contribution is 6.05. The maximum absolute atomic E-state index is 11.6. The van der Waals surface area contributed by atoms with Crippen molar-refractivity contribution in [1.29, 1.82) is 0 Å². The number of hydrogen-bond donors (Lipinski definition) is 1. The number of hydrogen-bond acceptors (Lipinski definition) is 3. The zero-order valence-corrected chi connectivity index (χ0v) is 8.74. The molecule has 0 aliphatic heterocycles. The molecule has 0 heterocycles. The Balaban J connectivity index is 2.95. The molecular formula is C11H13NO3. The number of nitrogens with one attached hydrogen (secondary N) is 1. The smallest absolute Gasteiger partial charge is 0.221 e. The Morgan fingerprint density at radius 1 is 1.33 bits per heavy atom. The Morgan fingerprint density at radius 2 is 2.00 bits per heavy atom. The molecule has 0 aliphatic rings. The summed E-state index contributed by atoms with van der Waals surface area (Å²) in [7, 11) is 1.46. The molecule has 80 valence electrons. The Labute approximate surface area is 88.2 Å². The van der Waals surface area contributed by atoms with E-state index in [1.165, 1.54) is 14.0 Å². The number of ether oxygens (including phenoxy) is 1. The van der Waals surface area contributed by atoms with E-state index in [-0.39, 0.29) is 18.3 Å². The van der Waals surface area contributed by atoms with Gasteiger partial charge >= 0.3 is 0 Å². The third-order valence-electron chi connectivity index (χ3n) is 1.81. The second-order valence-corrected chi connectivity index (χ2v) is 3.08. The van der Waals surface area contributed by atoms with E-state index >= 15 is 0 Å². The normalized spacial score (nSPS) is 9.73. The molecule has 0 aromatic heterocycles. The average molecular weight is 207 g/mol. The topological polar surface area (TPSA) is 55.4 Å². The Morgan fingerprint density at radius 3 is 2.60 bits per heavy atom. The molecule has 1 amide bonds. The van der Waals surface area contributed by atoms with E-state index < -0.39 is 0 Å². The van der Waals surface area contributed by atoms with Gasteiger partial charge in [0.15, 0.2) is 5.78 Å². The monoisotopic (exact) mass is 207 g/mol. The summed E-state index contributed by atoms with van der Waals surface area (Å²) in [4.78, 5) is 22.5. The first-order valence-electron chi connectivity index (χ1n) is 4.54. The molecule has 1 rings (SSSR count). The molecule has 1 N–H and O–H groups in total. The van der Waals surface area contributed by atoms with Gasteiger partial charge in [-0.3, -0.25) is 9.59 Å². The minimum atomic E-state index is -0.201. The molecule has 1 aromatic rings. The van der Waals surface area contributed by atoms with Crippen LogP contribution in [0, 0.1) is 0 Å². The number of methoxy groups -OCH3 is 1. The Hall–Kier alpha value is -1.68. The van der Waals surface area contributed by atoms with Gasteiger partial charge in [0.1, 0.15) is 6.61 Å². The van der Waals surface area contributed by atoms with Crippen molar-refractivity contribution in [3.05, 3.63) is 29.8 Å². The predicted octanol–water partition coefficient (Wildman–Crippen LogP) is 1.47. The number of benzene rings is 1. The molecule has 0 atom stereocenters. The van der Waals surface area contributed by atoms with E-state index in [1.807, 2.05) is 0 Å². The molecule has 0 fully saturated rings. The van der Waals surface area contributed by atoms with Gasteiger partial charge in [0.05, 0.1) is 5.69 Å². The van der Waals surface area contributed by atoms with Crippen molar-refractivity contribution < 1.29 is 14.3 Å². The first-order valence-corrected chi connectivity index (χ1v) is 4.54. The van der Waals surface area contributed by atoms with Gasteiger partial charge in [-0.2, -0.15) is 0 Å². The number of carbonyl (C=O) groups is 2. The van der Waals surface area contributed by atoms with Crippen molar-refractivity contribution in [2.75, 3.05) is 19.0 Å². The highest BCUT2D eigenvalue weighted by Gasteiger charge is 2.10. The maximum Gasteiger partial charge on any atom is 0.221 e. The van der Waals surface area contributed by atoms with E-state index in [0.717, 1.165) is 0 Å². The summed E-state index contributed by atoms with van der Waals surface area (Å²) in [6.07, 6.45) is 0. The van der Waals surface area contributed by atoms with E-state index in [1.54, 1.807) is 24.3 Å². The third-order valence-corrected chi connectivity index (χ3v) is 1.81. The van der Waals surface area contributed by atoms with Crippen molar-refractivity contribution in [1.82, 2.24) is 0 Å². The number of para-hydroxylation sites is 1. The van der Waals surface area contributed by atoms with Crippen LogP contribution in [0.5, 0.6) is 0 Å². The number of Topliss-reactive ketones (excluding diaryl/α,β-unsaturated/α-hetero) is 1. The molecule has 1 aromatic carbocycles. The van der Waals surface area contributed by atoms with Crippen LogP contribution in [0.15, 0.2) is 24.3 Å². The van der Waals surface area contributed by atoms with Crippen molar-refractivity contribution >= 4 is 17.4 Å². The Bertz CT molecular complexity index is 374. The molecule has 0 bridgehead atoms. The average Bonchev–Trinajstić information content (AvgIpc) is 2.18. The van der Waals surface area contributed by atoms with Crippen LogP contribution in [0.25, 0.3) is 0 Å². The maximum atomic E-state index is 11.6. The summed E-state index contributed by atoms with van der Waals surface area (Å²) in [5, 5.41) is 2.60. The lowest BCUT2D eigenvalue weighted by atomic mass is 10.1. The highest BCUT2D eigenvalue weighted by atomic mass is 16.5. The van der Waals surface area contributed by atoms with Gasteiger partial charge in [-0.05, 0) is 12.1 Å². The van der Waals surface area contributed by atoms with Crippen LogP contribution in [0.3, 0.4) is 0 Å². The molecule has 4 heteroatoms. The zero-order valence-electron chi connectivity index (χ0n) is 8.74. The van der Waals surface area contributed by atoms with Crippen molar-refractivity contribution in [2.24, 2.45) is 0 Å². The number of ketones is 1. The first-order chi connectivity index (χ1) is 7.15. The molecule has 0 saturated carbocycles. The fourth-order valence-corrected chi connectivity index (χ4v) is 1.23. The highest BCUT2D eigenvalue weighted by Crippen LogP contribution is 2.15. The van der Waals surface area contributed by atoms with Crippen LogP contribution in [0.2, 0.25) is 0 Å². The number of rotatable bonds is 4. The molecule has 0 saturated heterocycles. The van der Waals surface area contributed by atoms with E-state index in [0.29, 0.717) is 11.3 Å². The van der Waals surface area contributed by atoms with Crippen LogP contribution in [0.1, 0.15) is 17.3 Å². The van der Waals surface area contributed by atoms with Crippen molar-refractivity contribution in [3.8, 4) is 0 Å². The molecule has 4 nitrogen and oxygen atoms in total. The standard InChI is InChI=1S/C11H13NO3/c1-8(13)12-10-6-4-3-5-9(10)11(14)7-15-2/h3-6H,7H2,1-2H3,(H,12,13). The molecule has 0 unspecified atom stereocenters. The summed E-state index contributed by atoms with van der Waals surface area (Å²) < 4.78 is 4.76. The lowest BCUT2D eigenvalue weighted by molar-refractivity contribution is -0.114. The number of amides is 1. The van der Waals surface area contributed by atoms with Crippen LogP contribution < -0.4 is 5.32 Å². The van der Waals surface area contributed by atoms with Gasteiger partial charge in [0.25, 0.3) is 0 Å². The van der Waals surface area contributed by atoms with Gasteiger partial charge in [0.2, 0.25) is 5.91 Å². The second kappa shape index (κ2) is 5.26. The van der Waals surface area contributed by atoms with Gasteiger partial charge in [-0.25, -0.2) is 0 Å².